The summed E-state index contributed by atoms with van der Waals surface area (Å²) in [4.78, 5) is 6.72. The van der Waals surface area contributed by atoms with Gasteiger partial charge in [0, 0.05) is 32.4 Å². The minimum atomic E-state index is 0.286. The van der Waals surface area contributed by atoms with Crippen LogP contribution in [0.3, 0.4) is 0 Å². The maximum absolute atomic E-state index is 5.73. The average Bonchev–Trinajstić information content (AvgIpc) is 2.63. The Kier molecular flexibility index (Phi) is 5.80. The van der Waals surface area contributed by atoms with E-state index in [1.807, 2.05) is 12.4 Å². The standard InChI is InChI=1S/C16H27N3O/c1-13(2)9-18-10-15-5-6-17-11-16(15)19-7-4-8-20-14(3)12-19/h5-6,11,13-14,18H,4,7-10,12H2,1-3H3. The second-order valence-corrected chi connectivity index (χ2v) is 6.01. The van der Waals surface area contributed by atoms with E-state index >= 15 is 0 Å². The lowest BCUT2D eigenvalue weighted by atomic mass is 10.1. The third-order valence-electron chi connectivity index (χ3n) is 3.55. The van der Waals surface area contributed by atoms with Crippen LogP contribution in [0.15, 0.2) is 18.5 Å². The molecular weight excluding hydrogens is 250 g/mol. The van der Waals surface area contributed by atoms with Crippen molar-refractivity contribution >= 4 is 5.69 Å². The molecule has 2 heterocycles. The zero-order valence-electron chi connectivity index (χ0n) is 12.9. The minimum absolute atomic E-state index is 0.286. The Balaban J connectivity index is 2.05. The Morgan fingerprint density at radius 2 is 2.35 bits per heavy atom. The van der Waals surface area contributed by atoms with Gasteiger partial charge in [0.2, 0.25) is 0 Å². The summed E-state index contributed by atoms with van der Waals surface area (Å²) in [6, 6.07) is 2.12. The molecule has 0 aliphatic carbocycles. The van der Waals surface area contributed by atoms with Gasteiger partial charge in [0.1, 0.15) is 0 Å². The summed E-state index contributed by atoms with van der Waals surface area (Å²) in [5.74, 6) is 0.673. The molecule has 1 aliphatic rings. The van der Waals surface area contributed by atoms with E-state index in [1.165, 1.54) is 11.3 Å². The summed E-state index contributed by atoms with van der Waals surface area (Å²) in [7, 11) is 0. The van der Waals surface area contributed by atoms with Crippen LogP contribution in [0, 0.1) is 5.92 Å². The molecule has 0 aromatic carbocycles. The Morgan fingerprint density at radius 3 is 3.15 bits per heavy atom. The number of hydrogen-bond acceptors (Lipinski definition) is 4. The van der Waals surface area contributed by atoms with Crippen molar-refractivity contribution in [3.8, 4) is 0 Å². The van der Waals surface area contributed by atoms with Crippen LogP contribution in [-0.2, 0) is 11.3 Å². The van der Waals surface area contributed by atoms with Gasteiger partial charge in [0.05, 0.1) is 18.0 Å². The third-order valence-corrected chi connectivity index (χ3v) is 3.55. The summed E-state index contributed by atoms with van der Waals surface area (Å²) in [5, 5.41) is 3.52. The molecule has 0 radical (unpaired) electrons. The van der Waals surface area contributed by atoms with E-state index < -0.39 is 0 Å². The monoisotopic (exact) mass is 277 g/mol. The maximum Gasteiger partial charge on any atom is 0.0721 e. The molecule has 0 amide bonds. The number of aromatic nitrogens is 1. The molecule has 1 aromatic rings. The number of hydrogen-bond donors (Lipinski definition) is 1. The summed E-state index contributed by atoms with van der Waals surface area (Å²) >= 11 is 0. The Labute approximate surface area is 122 Å². The van der Waals surface area contributed by atoms with Crippen molar-refractivity contribution in [3.05, 3.63) is 24.0 Å². The van der Waals surface area contributed by atoms with Crippen LogP contribution in [0.25, 0.3) is 0 Å². The zero-order chi connectivity index (χ0) is 14.4. The molecule has 1 aliphatic heterocycles. The number of anilines is 1. The third kappa shape index (κ3) is 4.46. The topological polar surface area (TPSA) is 37.4 Å². The van der Waals surface area contributed by atoms with Crippen molar-refractivity contribution in [1.82, 2.24) is 10.3 Å². The highest BCUT2D eigenvalue weighted by Crippen LogP contribution is 2.21. The molecule has 2 rings (SSSR count). The molecule has 112 valence electrons. The number of ether oxygens (including phenoxy) is 1. The van der Waals surface area contributed by atoms with Crippen molar-refractivity contribution in [2.45, 2.75) is 39.8 Å². The van der Waals surface area contributed by atoms with Crippen molar-refractivity contribution in [2.75, 3.05) is 31.1 Å². The second-order valence-electron chi connectivity index (χ2n) is 6.01. The smallest absolute Gasteiger partial charge is 0.0721 e. The number of pyridine rings is 1. The van der Waals surface area contributed by atoms with E-state index in [-0.39, 0.29) is 6.10 Å². The van der Waals surface area contributed by atoms with Gasteiger partial charge in [0.25, 0.3) is 0 Å². The van der Waals surface area contributed by atoms with Gasteiger partial charge in [0.15, 0.2) is 0 Å². The number of nitrogens with zero attached hydrogens (tertiary/aromatic N) is 2. The predicted octanol–water partition coefficient (Wildman–Crippen LogP) is 2.44. The maximum atomic E-state index is 5.73. The predicted molar refractivity (Wildman–Crippen MR) is 83.0 cm³/mol. The summed E-state index contributed by atoms with van der Waals surface area (Å²) < 4.78 is 5.73. The van der Waals surface area contributed by atoms with E-state index in [1.54, 1.807) is 0 Å². The fourth-order valence-electron chi connectivity index (χ4n) is 2.56. The molecule has 1 aromatic heterocycles. The van der Waals surface area contributed by atoms with Crippen molar-refractivity contribution in [1.29, 1.82) is 0 Å². The quantitative estimate of drug-likeness (QED) is 0.897. The first kappa shape index (κ1) is 15.3. The molecular formula is C16H27N3O. The van der Waals surface area contributed by atoms with Crippen LogP contribution in [0.5, 0.6) is 0 Å². The van der Waals surface area contributed by atoms with Gasteiger partial charge in [-0.3, -0.25) is 4.98 Å². The highest BCUT2D eigenvalue weighted by molar-refractivity contribution is 5.51. The summed E-state index contributed by atoms with van der Waals surface area (Å²) in [5.41, 5.74) is 2.58. The lowest BCUT2D eigenvalue weighted by Gasteiger charge is -2.26. The van der Waals surface area contributed by atoms with Gasteiger partial charge in [-0.2, -0.15) is 0 Å². The molecule has 1 unspecified atom stereocenters. The molecule has 0 spiro atoms. The second kappa shape index (κ2) is 7.60. The van der Waals surface area contributed by atoms with Gasteiger partial charge in [-0.05, 0) is 37.4 Å². The minimum Gasteiger partial charge on any atom is -0.377 e. The van der Waals surface area contributed by atoms with Crippen LogP contribution in [0.4, 0.5) is 5.69 Å². The van der Waals surface area contributed by atoms with Gasteiger partial charge in [-0.25, -0.2) is 0 Å². The summed E-state index contributed by atoms with van der Waals surface area (Å²) in [6.45, 7) is 11.4. The van der Waals surface area contributed by atoms with Crippen LogP contribution >= 0.6 is 0 Å². The SMILES string of the molecule is CC(C)CNCc1ccncc1N1CCCOC(C)C1. The van der Waals surface area contributed by atoms with E-state index in [0.717, 1.165) is 39.2 Å². The highest BCUT2D eigenvalue weighted by atomic mass is 16.5. The normalized spacial score (nSPS) is 20.2. The van der Waals surface area contributed by atoms with Crippen LogP contribution in [-0.4, -0.2) is 37.3 Å². The van der Waals surface area contributed by atoms with Gasteiger partial charge < -0.3 is 15.0 Å². The van der Waals surface area contributed by atoms with E-state index in [9.17, 15) is 0 Å². The first-order valence-electron chi connectivity index (χ1n) is 7.67. The molecule has 4 heteroatoms. The average molecular weight is 277 g/mol. The molecule has 0 saturated carbocycles. The molecule has 1 atom stereocenters. The van der Waals surface area contributed by atoms with Gasteiger partial charge in [-0.15, -0.1) is 0 Å². The van der Waals surface area contributed by atoms with Gasteiger partial charge in [-0.1, -0.05) is 13.8 Å². The van der Waals surface area contributed by atoms with Crippen molar-refractivity contribution in [3.63, 3.8) is 0 Å². The lowest BCUT2D eigenvalue weighted by molar-refractivity contribution is 0.0821. The van der Waals surface area contributed by atoms with E-state index in [0.29, 0.717) is 5.92 Å². The largest absolute Gasteiger partial charge is 0.377 e. The fourth-order valence-corrected chi connectivity index (χ4v) is 2.56. The van der Waals surface area contributed by atoms with Crippen LogP contribution in [0.2, 0.25) is 0 Å². The zero-order valence-corrected chi connectivity index (χ0v) is 12.9. The summed E-state index contributed by atoms with van der Waals surface area (Å²) in [6.07, 6.45) is 5.24. The molecule has 20 heavy (non-hydrogen) atoms. The Hall–Kier alpha value is -1.13. The Bertz CT molecular complexity index is 408. The van der Waals surface area contributed by atoms with Crippen molar-refractivity contribution in [2.24, 2.45) is 5.92 Å². The van der Waals surface area contributed by atoms with E-state index in [4.69, 9.17) is 4.74 Å². The van der Waals surface area contributed by atoms with E-state index in [2.05, 4.69) is 42.0 Å². The Morgan fingerprint density at radius 1 is 1.50 bits per heavy atom. The molecule has 1 saturated heterocycles. The molecule has 4 nitrogen and oxygen atoms in total. The lowest BCUT2D eigenvalue weighted by Crippen LogP contribution is -2.31. The number of nitrogens with one attached hydrogen (secondary N) is 1. The molecule has 0 bridgehead atoms. The first-order chi connectivity index (χ1) is 9.66. The van der Waals surface area contributed by atoms with Crippen LogP contribution in [0.1, 0.15) is 32.8 Å². The van der Waals surface area contributed by atoms with Crippen molar-refractivity contribution < 1.29 is 4.74 Å². The number of rotatable bonds is 5. The van der Waals surface area contributed by atoms with Gasteiger partial charge >= 0.3 is 0 Å². The highest BCUT2D eigenvalue weighted by Gasteiger charge is 2.17. The van der Waals surface area contributed by atoms with Crippen LogP contribution < -0.4 is 10.2 Å². The first-order valence-corrected chi connectivity index (χ1v) is 7.67. The fraction of sp³-hybridized carbons (Fsp3) is 0.688. The molecule has 1 fully saturated rings. The molecule has 1 N–H and O–H groups in total.